The van der Waals surface area contributed by atoms with Crippen molar-refractivity contribution in [3.05, 3.63) is 36.0 Å². The molecule has 32 heavy (non-hydrogen) atoms. The summed E-state index contributed by atoms with van der Waals surface area (Å²) in [4.78, 5) is 11.2. The van der Waals surface area contributed by atoms with Crippen molar-refractivity contribution in [2.75, 3.05) is 24.2 Å². The Morgan fingerprint density at radius 1 is 1.03 bits per heavy atom. The van der Waals surface area contributed by atoms with Crippen molar-refractivity contribution >= 4 is 15.9 Å². The molecule has 3 heterocycles. The number of benzene rings is 1. The molecule has 0 bridgehead atoms. The van der Waals surface area contributed by atoms with Crippen molar-refractivity contribution in [1.82, 2.24) is 20.3 Å². The van der Waals surface area contributed by atoms with E-state index in [0.717, 1.165) is 25.9 Å². The maximum Gasteiger partial charge on any atom is 0.324 e. The summed E-state index contributed by atoms with van der Waals surface area (Å²) in [5.74, 6) is 1.71. The van der Waals surface area contributed by atoms with Crippen LogP contribution in [-0.4, -0.2) is 54.1 Å². The fraction of sp³-hybridized carbons (Fsp3) is 0.524. The van der Waals surface area contributed by atoms with Crippen LogP contribution >= 0.6 is 0 Å². The van der Waals surface area contributed by atoms with Gasteiger partial charge in [0.05, 0.1) is 11.0 Å². The summed E-state index contributed by atoms with van der Waals surface area (Å²) >= 11 is 0. The standard InChI is InChI=1S/C21H27N5O5S/c1-13(2)18-23-21(31-24-18)26-11-9-16(10-12-26)29-14(3)20-22-19(25-30-20)15-5-7-17(8-6-15)32(4,27)28/h5-8,13-14,16H,9-12H2,1-4H3. The highest BCUT2D eigenvalue weighted by Crippen LogP contribution is 2.27. The first-order valence-corrected chi connectivity index (χ1v) is 12.5. The van der Waals surface area contributed by atoms with Crippen molar-refractivity contribution in [1.29, 1.82) is 0 Å². The third kappa shape index (κ3) is 4.99. The van der Waals surface area contributed by atoms with Gasteiger partial charge in [0.1, 0.15) is 6.10 Å². The summed E-state index contributed by atoms with van der Waals surface area (Å²) in [6, 6.07) is 6.94. The number of aromatic nitrogens is 4. The van der Waals surface area contributed by atoms with Crippen LogP contribution in [0.5, 0.6) is 0 Å². The number of hydrogen-bond acceptors (Lipinski definition) is 10. The van der Waals surface area contributed by atoms with Gasteiger partial charge in [-0.1, -0.05) is 24.2 Å². The molecule has 1 unspecified atom stereocenters. The first kappa shape index (κ1) is 22.4. The lowest BCUT2D eigenvalue weighted by atomic mass is 10.1. The molecule has 3 aromatic rings. The van der Waals surface area contributed by atoms with E-state index >= 15 is 0 Å². The predicted molar refractivity (Wildman–Crippen MR) is 116 cm³/mol. The zero-order chi connectivity index (χ0) is 22.9. The Bertz CT molecular complexity index is 1150. The molecule has 1 aromatic carbocycles. The van der Waals surface area contributed by atoms with Gasteiger partial charge >= 0.3 is 6.01 Å². The second kappa shape index (κ2) is 8.99. The summed E-state index contributed by atoms with van der Waals surface area (Å²) in [5.41, 5.74) is 0.674. The van der Waals surface area contributed by atoms with Gasteiger partial charge in [-0.2, -0.15) is 9.97 Å². The van der Waals surface area contributed by atoms with Gasteiger partial charge in [-0.3, -0.25) is 0 Å². The van der Waals surface area contributed by atoms with Gasteiger partial charge in [0.2, 0.25) is 5.82 Å². The first-order valence-electron chi connectivity index (χ1n) is 10.6. The number of anilines is 1. The number of rotatable bonds is 7. The van der Waals surface area contributed by atoms with Crippen molar-refractivity contribution in [2.24, 2.45) is 0 Å². The predicted octanol–water partition coefficient (Wildman–Crippen LogP) is 3.39. The fourth-order valence-corrected chi connectivity index (χ4v) is 4.12. The lowest BCUT2D eigenvalue weighted by molar-refractivity contribution is -0.0303. The Morgan fingerprint density at radius 3 is 2.31 bits per heavy atom. The van der Waals surface area contributed by atoms with Gasteiger partial charge in [-0.25, -0.2) is 8.42 Å². The van der Waals surface area contributed by atoms with Gasteiger partial charge < -0.3 is 18.7 Å². The highest BCUT2D eigenvalue weighted by Gasteiger charge is 2.27. The van der Waals surface area contributed by atoms with Crippen molar-refractivity contribution in [3.8, 4) is 11.4 Å². The molecule has 11 heteroatoms. The average molecular weight is 462 g/mol. The van der Waals surface area contributed by atoms with Crippen LogP contribution in [0.1, 0.15) is 57.3 Å². The van der Waals surface area contributed by atoms with E-state index in [0.29, 0.717) is 29.1 Å². The Hall–Kier alpha value is -2.79. The van der Waals surface area contributed by atoms with Crippen LogP contribution in [0.4, 0.5) is 6.01 Å². The molecule has 1 aliphatic rings. The smallest absolute Gasteiger partial charge is 0.324 e. The molecule has 1 fully saturated rings. The van der Waals surface area contributed by atoms with Crippen molar-refractivity contribution in [3.63, 3.8) is 0 Å². The van der Waals surface area contributed by atoms with Crippen molar-refractivity contribution < 1.29 is 22.2 Å². The second-order valence-corrected chi connectivity index (χ2v) is 10.3. The van der Waals surface area contributed by atoms with Gasteiger partial charge in [-0.15, -0.1) is 0 Å². The summed E-state index contributed by atoms with van der Waals surface area (Å²) in [5, 5.41) is 8.03. The molecule has 1 atom stereocenters. The summed E-state index contributed by atoms with van der Waals surface area (Å²) in [6.07, 6.45) is 2.50. The van der Waals surface area contributed by atoms with E-state index in [4.69, 9.17) is 13.8 Å². The van der Waals surface area contributed by atoms with Crippen LogP contribution in [0.2, 0.25) is 0 Å². The molecule has 1 aliphatic heterocycles. The largest absolute Gasteiger partial charge is 0.365 e. The number of sulfone groups is 1. The van der Waals surface area contributed by atoms with E-state index in [-0.39, 0.29) is 23.0 Å². The minimum Gasteiger partial charge on any atom is -0.365 e. The number of piperidine rings is 1. The zero-order valence-electron chi connectivity index (χ0n) is 18.6. The molecule has 0 spiro atoms. The van der Waals surface area contributed by atoms with Crippen LogP contribution in [0, 0.1) is 0 Å². The van der Waals surface area contributed by atoms with E-state index in [1.165, 1.54) is 18.4 Å². The quantitative estimate of drug-likeness (QED) is 0.517. The summed E-state index contributed by atoms with van der Waals surface area (Å²) in [7, 11) is -3.25. The fourth-order valence-electron chi connectivity index (χ4n) is 3.49. The Morgan fingerprint density at radius 2 is 1.72 bits per heavy atom. The Kier molecular flexibility index (Phi) is 6.29. The van der Waals surface area contributed by atoms with E-state index in [1.807, 2.05) is 20.8 Å². The zero-order valence-corrected chi connectivity index (χ0v) is 19.4. The van der Waals surface area contributed by atoms with E-state index in [2.05, 4.69) is 25.2 Å². The SMILES string of the molecule is CC(C)c1noc(N2CCC(OC(C)c3nc(-c4ccc(S(C)(=O)=O)cc4)no3)CC2)n1. The molecular formula is C21H27N5O5S. The van der Waals surface area contributed by atoms with Crippen LogP contribution in [0.15, 0.2) is 38.2 Å². The lowest BCUT2D eigenvalue weighted by Crippen LogP contribution is -2.37. The number of ether oxygens (including phenoxy) is 1. The van der Waals surface area contributed by atoms with Crippen LogP contribution < -0.4 is 4.90 Å². The molecule has 0 saturated carbocycles. The van der Waals surface area contributed by atoms with Crippen LogP contribution in [0.3, 0.4) is 0 Å². The molecule has 10 nitrogen and oxygen atoms in total. The van der Waals surface area contributed by atoms with Gasteiger partial charge in [-0.05, 0) is 44.0 Å². The van der Waals surface area contributed by atoms with Crippen molar-refractivity contribution in [2.45, 2.75) is 56.6 Å². The summed E-state index contributed by atoms with van der Waals surface area (Å²) < 4.78 is 40.1. The molecule has 0 aliphatic carbocycles. The molecule has 4 rings (SSSR count). The Balaban J connectivity index is 1.33. The van der Waals surface area contributed by atoms with E-state index in [9.17, 15) is 8.42 Å². The maximum absolute atomic E-state index is 11.6. The van der Waals surface area contributed by atoms with Gasteiger partial charge in [0.25, 0.3) is 5.89 Å². The maximum atomic E-state index is 11.6. The summed E-state index contributed by atoms with van der Waals surface area (Å²) in [6.45, 7) is 7.47. The molecular weight excluding hydrogens is 434 g/mol. The van der Waals surface area contributed by atoms with Gasteiger partial charge in [0, 0.05) is 30.8 Å². The Labute approximate surface area is 186 Å². The highest BCUT2D eigenvalue weighted by molar-refractivity contribution is 7.90. The lowest BCUT2D eigenvalue weighted by Gasteiger charge is -2.31. The molecule has 0 amide bonds. The number of nitrogens with zero attached hydrogens (tertiary/aromatic N) is 5. The molecule has 0 N–H and O–H groups in total. The molecule has 172 valence electrons. The van der Waals surface area contributed by atoms with Crippen LogP contribution in [0.25, 0.3) is 11.4 Å². The third-order valence-corrected chi connectivity index (χ3v) is 6.52. The first-order chi connectivity index (χ1) is 15.2. The molecule has 0 radical (unpaired) electrons. The van der Waals surface area contributed by atoms with Crippen LogP contribution in [-0.2, 0) is 14.6 Å². The van der Waals surface area contributed by atoms with Gasteiger partial charge in [0.15, 0.2) is 15.7 Å². The second-order valence-electron chi connectivity index (χ2n) is 8.31. The molecule has 1 saturated heterocycles. The van der Waals surface area contributed by atoms with E-state index < -0.39 is 9.84 Å². The average Bonchev–Trinajstić information content (AvgIpc) is 3.44. The monoisotopic (exact) mass is 461 g/mol. The highest BCUT2D eigenvalue weighted by atomic mass is 32.2. The topological polar surface area (TPSA) is 124 Å². The third-order valence-electron chi connectivity index (χ3n) is 5.39. The molecule has 2 aromatic heterocycles. The minimum absolute atomic E-state index is 0.0538. The minimum atomic E-state index is -3.25. The number of hydrogen-bond donors (Lipinski definition) is 0. The normalized spacial score (nSPS) is 16.6. The van der Waals surface area contributed by atoms with E-state index in [1.54, 1.807) is 12.1 Å².